The molecular formula is C22H33O2PS. The van der Waals surface area contributed by atoms with Gasteiger partial charge in [0.25, 0.3) is 0 Å². The summed E-state index contributed by atoms with van der Waals surface area (Å²) in [4.78, 5) is 14.9. The molecule has 0 bridgehead atoms. The Labute approximate surface area is 163 Å². The fourth-order valence-corrected chi connectivity index (χ4v) is 10.7. The second kappa shape index (κ2) is 8.65. The molecule has 26 heavy (non-hydrogen) atoms. The van der Waals surface area contributed by atoms with Crippen LogP contribution in [0, 0.1) is 0 Å². The van der Waals surface area contributed by atoms with Crippen molar-refractivity contribution in [3.05, 3.63) is 30.3 Å². The van der Waals surface area contributed by atoms with Crippen molar-refractivity contribution in [2.75, 3.05) is 0 Å². The monoisotopic (exact) mass is 392 g/mol. The first kappa shape index (κ1) is 20.2. The lowest BCUT2D eigenvalue weighted by atomic mass is 9.99. The molecule has 2 nitrogen and oxygen atoms in total. The number of carbonyl (C=O) groups is 1. The molecule has 0 aliphatic heterocycles. The average Bonchev–Trinajstić information content (AvgIpc) is 2.68. The standard InChI is InChI=1S/C22H33O2PS/c1-22(2,26-20-16-10-5-11-17-20)21(23)25(24,18-12-6-3-7-13-18)19-14-8-4-9-15-19/h5,10-11,16-19H,3-4,6-9,12-15H2,1-2H3. The average molecular weight is 393 g/mol. The van der Waals surface area contributed by atoms with Crippen LogP contribution in [0.5, 0.6) is 0 Å². The summed E-state index contributed by atoms with van der Waals surface area (Å²) < 4.78 is 13.9. The number of carbonyl (C=O) groups excluding carboxylic acids is 1. The molecule has 144 valence electrons. The van der Waals surface area contributed by atoms with Gasteiger partial charge in [0.15, 0.2) is 7.14 Å². The number of thioether (sulfide) groups is 1. The van der Waals surface area contributed by atoms with E-state index in [1.54, 1.807) is 11.8 Å². The van der Waals surface area contributed by atoms with Gasteiger partial charge in [-0.05, 0) is 51.7 Å². The summed E-state index contributed by atoms with van der Waals surface area (Å²) in [6, 6.07) is 10.1. The zero-order valence-electron chi connectivity index (χ0n) is 16.3. The van der Waals surface area contributed by atoms with Crippen LogP contribution >= 0.6 is 18.9 Å². The molecule has 0 aromatic heterocycles. The van der Waals surface area contributed by atoms with Crippen LogP contribution in [0.15, 0.2) is 35.2 Å². The Morgan fingerprint density at radius 2 is 1.35 bits per heavy atom. The predicted octanol–water partition coefficient (Wildman–Crippen LogP) is 7.11. The summed E-state index contributed by atoms with van der Waals surface area (Å²) in [6.07, 6.45) is 11.0. The first-order chi connectivity index (χ1) is 12.4. The van der Waals surface area contributed by atoms with Gasteiger partial charge in [-0.25, -0.2) is 0 Å². The lowest BCUT2D eigenvalue weighted by molar-refractivity contribution is -0.113. The van der Waals surface area contributed by atoms with Crippen molar-refractivity contribution in [1.29, 1.82) is 0 Å². The Morgan fingerprint density at radius 3 is 1.81 bits per heavy atom. The molecule has 0 N–H and O–H groups in total. The molecule has 0 spiro atoms. The van der Waals surface area contributed by atoms with Gasteiger partial charge in [0, 0.05) is 16.2 Å². The summed E-state index contributed by atoms with van der Waals surface area (Å²) in [6.45, 7) is 3.98. The molecule has 1 aromatic rings. The highest BCUT2D eigenvalue weighted by atomic mass is 32.2. The normalized spacial score (nSPS) is 20.8. The molecule has 4 heteroatoms. The Bertz CT molecular complexity index is 621. The maximum Gasteiger partial charge on any atom is 0.207 e. The Morgan fingerprint density at radius 1 is 0.885 bits per heavy atom. The van der Waals surface area contributed by atoms with Gasteiger partial charge in [0.2, 0.25) is 5.52 Å². The van der Waals surface area contributed by atoms with E-state index < -0.39 is 11.9 Å². The van der Waals surface area contributed by atoms with Crippen LogP contribution in [0.3, 0.4) is 0 Å². The van der Waals surface area contributed by atoms with Gasteiger partial charge in [-0.15, -0.1) is 11.8 Å². The highest BCUT2D eigenvalue weighted by Gasteiger charge is 2.51. The predicted molar refractivity (Wildman–Crippen MR) is 113 cm³/mol. The van der Waals surface area contributed by atoms with E-state index in [1.165, 1.54) is 12.8 Å². The van der Waals surface area contributed by atoms with Crippen molar-refractivity contribution in [3.63, 3.8) is 0 Å². The minimum atomic E-state index is -2.88. The number of hydrogen-bond acceptors (Lipinski definition) is 3. The third-order valence-corrected chi connectivity index (χ3v) is 11.9. The van der Waals surface area contributed by atoms with Crippen LogP contribution in [-0.2, 0) is 9.36 Å². The first-order valence-corrected chi connectivity index (χ1v) is 13.0. The second-order valence-electron chi connectivity index (χ2n) is 8.52. The van der Waals surface area contributed by atoms with Gasteiger partial charge in [-0.3, -0.25) is 4.79 Å². The highest BCUT2D eigenvalue weighted by molar-refractivity contribution is 8.03. The van der Waals surface area contributed by atoms with Gasteiger partial charge in [0.05, 0.1) is 4.75 Å². The molecule has 0 atom stereocenters. The molecule has 0 amide bonds. The van der Waals surface area contributed by atoms with E-state index in [4.69, 9.17) is 0 Å². The van der Waals surface area contributed by atoms with Gasteiger partial charge < -0.3 is 4.57 Å². The van der Waals surface area contributed by atoms with E-state index in [1.807, 2.05) is 44.2 Å². The molecule has 2 fully saturated rings. The van der Waals surface area contributed by atoms with Gasteiger partial charge in [-0.2, -0.15) is 0 Å². The van der Waals surface area contributed by atoms with Crippen molar-refractivity contribution >= 4 is 24.4 Å². The maximum atomic E-state index is 14.5. The maximum absolute atomic E-state index is 14.5. The Balaban J connectivity index is 1.89. The summed E-state index contributed by atoms with van der Waals surface area (Å²) in [7, 11) is -2.88. The summed E-state index contributed by atoms with van der Waals surface area (Å²) in [5.74, 6) is 0. The second-order valence-corrected chi connectivity index (χ2v) is 13.5. The van der Waals surface area contributed by atoms with Crippen LogP contribution < -0.4 is 0 Å². The van der Waals surface area contributed by atoms with Gasteiger partial charge in [0.1, 0.15) is 0 Å². The van der Waals surface area contributed by atoms with E-state index in [-0.39, 0.29) is 16.8 Å². The van der Waals surface area contributed by atoms with E-state index in [0.29, 0.717) is 0 Å². The molecule has 2 aliphatic rings. The van der Waals surface area contributed by atoms with Crippen LogP contribution in [0.4, 0.5) is 0 Å². The van der Waals surface area contributed by atoms with Crippen molar-refractivity contribution < 1.29 is 9.36 Å². The largest absolute Gasteiger partial charge is 0.315 e. The summed E-state index contributed by atoms with van der Waals surface area (Å²) >= 11 is 1.59. The number of hydrogen-bond donors (Lipinski definition) is 0. The van der Waals surface area contributed by atoms with Crippen LogP contribution in [0.2, 0.25) is 0 Å². The van der Waals surface area contributed by atoms with Crippen molar-refractivity contribution in [2.24, 2.45) is 0 Å². The van der Waals surface area contributed by atoms with Crippen molar-refractivity contribution in [2.45, 2.75) is 99.0 Å². The van der Waals surface area contributed by atoms with Crippen LogP contribution in [0.1, 0.15) is 78.1 Å². The highest BCUT2D eigenvalue weighted by Crippen LogP contribution is 2.66. The topological polar surface area (TPSA) is 34.1 Å². The fourth-order valence-electron chi connectivity index (χ4n) is 4.81. The zero-order chi connectivity index (χ0) is 18.6. The van der Waals surface area contributed by atoms with E-state index >= 15 is 0 Å². The third-order valence-electron chi connectivity index (χ3n) is 6.18. The first-order valence-electron chi connectivity index (χ1n) is 10.3. The van der Waals surface area contributed by atoms with Crippen LogP contribution in [0.25, 0.3) is 0 Å². The molecule has 2 saturated carbocycles. The van der Waals surface area contributed by atoms with Gasteiger partial charge >= 0.3 is 0 Å². The molecular weight excluding hydrogens is 359 g/mol. The van der Waals surface area contributed by atoms with Crippen molar-refractivity contribution in [3.8, 4) is 0 Å². The lowest BCUT2D eigenvalue weighted by Crippen LogP contribution is -2.36. The minimum Gasteiger partial charge on any atom is -0.315 e. The van der Waals surface area contributed by atoms with E-state index in [2.05, 4.69) is 0 Å². The molecule has 0 radical (unpaired) electrons. The lowest BCUT2D eigenvalue weighted by Gasteiger charge is -2.40. The minimum absolute atomic E-state index is 0.0673. The Hall–Kier alpha value is -0.530. The SMILES string of the molecule is CC(C)(Sc1ccccc1)C(=O)P(=O)(C1CCCCC1)C1CCCCC1. The molecule has 0 saturated heterocycles. The van der Waals surface area contributed by atoms with E-state index in [9.17, 15) is 9.36 Å². The van der Waals surface area contributed by atoms with Crippen LogP contribution in [-0.4, -0.2) is 21.6 Å². The number of rotatable bonds is 6. The van der Waals surface area contributed by atoms with E-state index in [0.717, 1.165) is 56.3 Å². The van der Waals surface area contributed by atoms with Crippen molar-refractivity contribution in [1.82, 2.24) is 0 Å². The zero-order valence-corrected chi connectivity index (χ0v) is 18.0. The summed E-state index contributed by atoms with van der Waals surface area (Å²) in [5, 5.41) is 0. The number of benzene rings is 1. The Kier molecular flexibility index (Phi) is 6.73. The quantitative estimate of drug-likeness (QED) is 0.382. The fraction of sp³-hybridized carbons (Fsp3) is 0.682. The summed E-state index contributed by atoms with van der Waals surface area (Å²) in [5.41, 5.74) is 0.350. The third kappa shape index (κ3) is 4.30. The molecule has 2 aliphatic carbocycles. The molecule has 0 unspecified atom stereocenters. The smallest absolute Gasteiger partial charge is 0.207 e. The molecule has 3 rings (SSSR count). The van der Waals surface area contributed by atoms with Gasteiger partial charge in [-0.1, -0.05) is 56.7 Å². The molecule has 0 heterocycles. The molecule has 1 aromatic carbocycles.